The molecule has 2 aromatic rings. The molecule has 1 heterocycles. The minimum Gasteiger partial charge on any atom is -0.357 e. The molecule has 136 valence electrons. The average molecular weight is 345 g/mol. The lowest BCUT2D eigenvalue weighted by Crippen LogP contribution is -2.36. The summed E-state index contributed by atoms with van der Waals surface area (Å²) in [7, 11) is 5.87. The van der Waals surface area contributed by atoms with Gasteiger partial charge in [-0.2, -0.15) is 0 Å². The highest BCUT2D eigenvalue weighted by Crippen LogP contribution is 2.12. The van der Waals surface area contributed by atoms with Gasteiger partial charge in [-0.05, 0) is 50.3 Å². The normalized spacial score (nSPS) is 11.8. The van der Waals surface area contributed by atoms with Crippen molar-refractivity contribution in [1.82, 2.24) is 20.1 Å². The fourth-order valence-corrected chi connectivity index (χ4v) is 2.55. The number of halogens is 1. The summed E-state index contributed by atoms with van der Waals surface area (Å²) in [6.45, 7) is 4.62. The number of nitrogens with zero attached hydrogens (tertiary/aromatic N) is 3. The molecule has 0 radical (unpaired) electrons. The molecule has 0 amide bonds. The first-order chi connectivity index (χ1) is 12.0. The summed E-state index contributed by atoms with van der Waals surface area (Å²) in [5, 5.41) is 6.55. The molecule has 6 heteroatoms. The molecule has 0 atom stereocenters. The van der Waals surface area contributed by atoms with E-state index in [9.17, 15) is 4.39 Å². The number of aliphatic imine (C=N–C) groups is 1. The molecule has 0 aliphatic carbocycles. The highest BCUT2D eigenvalue weighted by atomic mass is 19.1. The summed E-state index contributed by atoms with van der Waals surface area (Å²) >= 11 is 0. The van der Waals surface area contributed by atoms with Gasteiger partial charge in [0.05, 0.1) is 6.54 Å². The van der Waals surface area contributed by atoms with Gasteiger partial charge < -0.3 is 20.1 Å². The van der Waals surface area contributed by atoms with Crippen LogP contribution in [0.4, 0.5) is 4.39 Å². The molecule has 0 spiro atoms. The quantitative estimate of drug-likeness (QED) is 0.599. The Kier molecular flexibility index (Phi) is 7.01. The van der Waals surface area contributed by atoms with E-state index >= 15 is 0 Å². The van der Waals surface area contributed by atoms with Gasteiger partial charge >= 0.3 is 0 Å². The highest BCUT2D eigenvalue weighted by molar-refractivity contribution is 5.79. The Hall–Kier alpha value is -2.34. The molecule has 5 nitrogen and oxygen atoms in total. The lowest BCUT2D eigenvalue weighted by molar-refractivity contribution is 0.392. The molecular formula is C19H28FN5. The van der Waals surface area contributed by atoms with Crippen molar-refractivity contribution in [1.29, 1.82) is 0 Å². The third-order valence-corrected chi connectivity index (χ3v) is 3.71. The van der Waals surface area contributed by atoms with Gasteiger partial charge in [0.15, 0.2) is 5.96 Å². The lowest BCUT2D eigenvalue weighted by Gasteiger charge is -2.14. The summed E-state index contributed by atoms with van der Waals surface area (Å²) in [6.07, 6.45) is 4.07. The Bertz CT molecular complexity index is 706. The number of benzene rings is 1. The molecule has 2 N–H and O–H groups in total. The fraction of sp³-hybridized carbons (Fsp3) is 0.421. The van der Waals surface area contributed by atoms with Gasteiger partial charge in [0, 0.05) is 44.6 Å². The van der Waals surface area contributed by atoms with Gasteiger partial charge in [-0.3, -0.25) is 0 Å². The van der Waals surface area contributed by atoms with Crippen molar-refractivity contribution in [2.75, 3.05) is 20.6 Å². The first kappa shape index (κ1) is 19.0. The second-order valence-corrected chi connectivity index (χ2v) is 6.40. The van der Waals surface area contributed by atoms with Crippen LogP contribution in [0.15, 0.2) is 41.7 Å². The van der Waals surface area contributed by atoms with Crippen LogP contribution < -0.4 is 10.6 Å². The van der Waals surface area contributed by atoms with Gasteiger partial charge in [-0.25, -0.2) is 9.38 Å². The third-order valence-electron chi connectivity index (χ3n) is 3.71. The van der Waals surface area contributed by atoms with Gasteiger partial charge in [-0.15, -0.1) is 0 Å². The van der Waals surface area contributed by atoms with Crippen LogP contribution in [0.25, 0.3) is 0 Å². The minimum atomic E-state index is -0.165. The molecule has 1 aromatic carbocycles. The summed E-state index contributed by atoms with van der Waals surface area (Å²) in [6, 6.07) is 7.30. The Morgan fingerprint density at radius 3 is 2.64 bits per heavy atom. The summed E-state index contributed by atoms with van der Waals surface area (Å²) in [5.41, 5.74) is 2.90. The van der Waals surface area contributed by atoms with Crippen LogP contribution in [0.3, 0.4) is 0 Å². The number of aryl methyl sites for hydroxylation is 1. The largest absolute Gasteiger partial charge is 0.357 e. The molecule has 0 bridgehead atoms. The van der Waals surface area contributed by atoms with E-state index in [1.807, 2.05) is 55.9 Å². The Morgan fingerprint density at radius 2 is 2.00 bits per heavy atom. The van der Waals surface area contributed by atoms with Crippen LogP contribution in [-0.2, 0) is 26.7 Å². The molecule has 2 rings (SSSR count). The zero-order valence-electron chi connectivity index (χ0n) is 15.5. The topological polar surface area (TPSA) is 44.6 Å². The van der Waals surface area contributed by atoms with Gasteiger partial charge in [0.1, 0.15) is 5.82 Å². The molecule has 25 heavy (non-hydrogen) atoms. The summed E-state index contributed by atoms with van der Waals surface area (Å²) < 4.78 is 15.9. The van der Waals surface area contributed by atoms with Crippen LogP contribution in [0.5, 0.6) is 0 Å². The second kappa shape index (κ2) is 9.22. The maximum atomic E-state index is 13.9. The first-order valence-corrected chi connectivity index (χ1v) is 8.53. The Morgan fingerprint density at radius 1 is 1.20 bits per heavy atom. The monoisotopic (exact) mass is 345 g/mol. The van der Waals surface area contributed by atoms with Crippen molar-refractivity contribution < 1.29 is 4.39 Å². The fourth-order valence-electron chi connectivity index (χ4n) is 2.55. The van der Waals surface area contributed by atoms with Crippen LogP contribution >= 0.6 is 0 Å². The number of hydrogen-bond acceptors (Lipinski definition) is 2. The van der Waals surface area contributed by atoms with Crippen LogP contribution in [-0.4, -0.2) is 36.1 Å². The molecule has 0 saturated carbocycles. The number of aromatic nitrogens is 1. The van der Waals surface area contributed by atoms with Crippen molar-refractivity contribution in [3.63, 3.8) is 0 Å². The predicted molar refractivity (Wildman–Crippen MR) is 101 cm³/mol. The van der Waals surface area contributed by atoms with E-state index in [1.54, 1.807) is 0 Å². The maximum absolute atomic E-state index is 13.9. The van der Waals surface area contributed by atoms with E-state index in [0.717, 1.165) is 23.6 Å². The van der Waals surface area contributed by atoms with Crippen LogP contribution in [0, 0.1) is 5.82 Å². The Balaban J connectivity index is 2.00. The summed E-state index contributed by atoms with van der Waals surface area (Å²) in [4.78, 5) is 6.56. The SMILES string of the molecule is CCNC(=NCc1ccn(C)c1)NCc1ccc(F)c(CN(C)C)c1. The maximum Gasteiger partial charge on any atom is 0.191 e. The van der Waals surface area contributed by atoms with Crippen molar-refractivity contribution in [3.8, 4) is 0 Å². The van der Waals surface area contributed by atoms with E-state index in [0.29, 0.717) is 25.2 Å². The van der Waals surface area contributed by atoms with Crippen molar-refractivity contribution in [3.05, 3.63) is 59.2 Å². The summed E-state index contributed by atoms with van der Waals surface area (Å²) in [5.74, 6) is 0.590. The van der Waals surface area contributed by atoms with E-state index in [4.69, 9.17) is 0 Å². The molecule has 0 saturated heterocycles. The van der Waals surface area contributed by atoms with Gasteiger partial charge in [0.2, 0.25) is 0 Å². The second-order valence-electron chi connectivity index (χ2n) is 6.40. The van der Waals surface area contributed by atoms with E-state index < -0.39 is 0 Å². The third kappa shape index (κ3) is 6.23. The van der Waals surface area contributed by atoms with Crippen molar-refractivity contribution >= 4 is 5.96 Å². The molecule has 0 unspecified atom stereocenters. The van der Waals surface area contributed by atoms with E-state index in [2.05, 4.69) is 27.9 Å². The molecular weight excluding hydrogens is 317 g/mol. The lowest BCUT2D eigenvalue weighted by atomic mass is 10.1. The predicted octanol–water partition coefficient (Wildman–Crippen LogP) is 2.48. The number of hydrogen-bond donors (Lipinski definition) is 2. The number of rotatable bonds is 7. The zero-order valence-corrected chi connectivity index (χ0v) is 15.5. The smallest absolute Gasteiger partial charge is 0.191 e. The van der Waals surface area contributed by atoms with E-state index in [1.165, 1.54) is 6.07 Å². The van der Waals surface area contributed by atoms with Crippen molar-refractivity contribution in [2.45, 2.75) is 26.6 Å². The van der Waals surface area contributed by atoms with E-state index in [-0.39, 0.29) is 5.82 Å². The zero-order chi connectivity index (χ0) is 18.2. The number of guanidine groups is 1. The molecule has 1 aromatic heterocycles. The standard InChI is InChI=1S/C19H28FN5/c1-5-21-19(23-12-16-8-9-25(4)13-16)22-11-15-6-7-18(20)17(10-15)14-24(2)3/h6-10,13H,5,11-12,14H2,1-4H3,(H2,21,22,23). The average Bonchev–Trinajstić information content (AvgIpc) is 2.98. The number of nitrogens with one attached hydrogen (secondary N) is 2. The van der Waals surface area contributed by atoms with Gasteiger partial charge in [0.25, 0.3) is 0 Å². The Labute approximate surface area is 149 Å². The van der Waals surface area contributed by atoms with Gasteiger partial charge in [-0.1, -0.05) is 6.07 Å². The van der Waals surface area contributed by atoms with Crippen LogP contribution in [0.1, 0.15) is 23.6 Å². The molecule has 0 fully saturated rings. The van der Waals surface area contributed by atoms with Crippen molar-refractivity contribution in [2.24, 2.45) is 12.0 Å². The minimum absolute atomic E-state index is 0.165. The van der Waals surface area contributed by atoms with Crippen LogP contribution in [0.2, 0.25) is 0 Å². The molecule has 0 aliphatic heterocycles. The highest BCUT2D eigenvalue weighted by Gasteiger charge is 2.06. The first-order valence-electron chi connectivity index (χ1n) is 8.53. The molecule has 0 aliphatic rings.